The van der Waals surface area contributed by atoms with Crippen molar-refractivity contribution >= 4 is 0 Å². The largest absolute Gasteiger partial charge is 0.422 e. The smallest absolute Gasteiger partial charge is 0.206 e. The second kappa shape index (κ2) is 7.77. The Hall–Kier alpha value is -1.91. The lowest BCUT2D eigenvalue weighted by molar-refractivity contribution is -0.142. The lowest BCUT2D eigenvalue weighted by Crippen LogP contribution is -2.12. The molecule has 0 unspecified atom stereocenters. The Kier molecular flexibility index (Phi) is 5.97. The molecule has 2 aromatic carbocycles. The van der Waals surface area contributed by atoms with Crippen LogP contribution in [0.4, 0.5) is 22.0 Å². The van der Waals surface area contributed by atoms with Crippen molar-refractivity contribution in [3.05, 3.63) is 70.3 Å². The molecule has 24 heavy (non-hydrogen) atoms. The van der Waals surface area contributed by atoms with Gasteiger partial charge in [0.15, 0.2) is 0 Å². The van der Waals surface area contributed by atoms with E-state index in [0.717, 1.165) is 43.4 Å². The van der Waals surface area contributed by atoms with Gasteiger partial charge in [0.2, 0.25) is 0 Å². The summed E-state index contributed by atoms with van der Waals surface area (Å²) in [4.78, 5) is 0. The molecule has 0 aliphatic rings. The summed E-state index contributed by atoms with van der Waals surface area (Å²) in [5.74, 6) is -3.15. The van der Waals surface area contributed by atoms with Crippen molar-refractivity contribution in [2.75, 3.05) is 0 Å². The Morgan fingerprint density at radius 2 is 1.33 bits per heavy atom. The molecule has 0 atom stereocenters. The van der Waals surface area contributed by atoms with E-state index >= 15 is 0 Å². The van der Waals surface area contributed by atoms with E-state index in [0.29, 0.717) is 0 Å². The number of benzene rings is 2. The standard InChI is InChI=1S/C19H19F5/c1-2-3-4-5-13-6-8-14(9-7-13)10-15-11-16(20)18(17(21)12-15)19(22,23)24/h6-9,11-12H,2-5,10H2,1H3. The summed E-state index contributed by atoms with van der Waals surface area (Å²) in [5.41, 5.74) is 0.319. The van der Waals surface area contributed by atoms with Crippen molar-refractivity contribution in [3.63, 3.8) is 0 Å². The molecule has 0 nitrogen and oxygen atoms in total. The van der Waals surface area contributed by atoms with E-state index in [1.54, 1.807) is 0 Å². The van der Waals surface area contributed by atoms with Crippen molar-refractivity contribution in [1.29, 1.82) is 0 Å². The van der Waals surface area contributed by atoms with Crippen LogP contribution in [0.15, 0.2) is 36.4 Å². The maximum Gasteiger partial charge on any atom is 0.422 e. The Morgan fingerprint density at radius 1 is 0.792 bits per heavy atom. The van der Waals surface area contributed by atoms with Gasteiger partial charge < -0.3 is 0 Å². The van der Waals surface area contributed by atoms with Gasteiger partial charge >= 0.3 is 6.18 Å². The van der Waals surface area contributed by atoms with Gasteiger partial charge in [-0.15, -0.1) is 0 Å². The summed E-state index contributed by atoms with van der Waals surface area (Å²) in [6.45, 7) is 2.13. The zero-order chi connectivity index (χ0) is 17.7. The molecule has 0 N–H and O–H groups in total. The predicted octanol–water partition coefficient (Wildman–Crippen LogP) is 6.31. The highest BCUT2D eigenvalue weighted by molar-refractivity contribution is 5.33. The minimum atomic E-state index is -5.03. The third-order valence-corrected chi connectivity index (χ3v) is 3.89. The van der Waals surface area contributed by atoms with Crippen LogP contribution in [0.3, 0.4) is 0 Å². The Bertz CT molecular complexity index is 648. The van der Waals surface area contributed by atoms with Crippen molar-refractivity contribution in [3.8, 4) is 0 Å². The normalized spacial score (nSPS) is 11.8. The number of alkyl halides is 3. The monoisotopic (exact) mass is 342 g/mol. The van der Waals surface area contributed by atoms with Crippen LogP contribution in [-0.4, -0.2) is 0 Å². The maximum atomic E-state index is 13.6. The van der Waals surface area contributed by atoms with E-state index in [-0.39, 0.29) is 12.0 Å². The Labute approximate surface area is 138 Å². The quantitative estimate of drug-likeness (QED) is 0.426. The molecule has 0 bridgehead atoms. The number of rotatable bonds is 6. The van der Waals surface area contributed by atoms with E-state index in [2.05, 4.69) is 6.92 Å². The molecule has 0 fully saturated rings. The van der Waals surface area contributed by atoms with E-state index in [9.17, 15) is 22.0 Å². The van der Waals surface area contributed by atoms with E-state index < -0.39 is 23.4 Å². The molecule has 0 aromatic heterocycles. The lowest BCUT2D eigenvalue weighted by atomic mass is 10.00. The number of hydrogen-bond donors (Lipinski definition) is 0. The molecule has 2 aromatic rings. The van der Waals surface area contributed by atoms with Gasteiger partial charge in [0.25, 0.3) is 0 Å². The minimum absolute atomic E-state index is 0.178. The van der Waals surface area contributed by atoms with Gasteiger partial charge in [-0.2, -0.15) is 13.2 Å². The van der Waals surface area contributed by atoms with Crippen molar-refractivity contribution in [1.82, 2.24) is 0 Å². The van der Waals surface area contributed by atoms with Gasteiger partial charge in [-0.3, -0.25) is 0 Å². The second-order valence-electron chi connectivity index (χ2n) is 5.88. The van der Waals surface area contributed by atoms with Gasteiger partial charge in [-0.1, -0.05) is 44.0 Å². The fourth-order valence-corrected chi connectivity index (χ4v) is 2.64. The maximum absolute atomic E-state index is 13.6. The molecule has 130 valence electrons. The first-order valence-electron chi connectivity index (χ1n) is 7.94. The van der Waals surface area contributed by atoms with Crippen LogP contribution in [0.1, 0.15) is 48.4 Å². The summed E-state index contributed by atoms with van der Waals surface area (Å²) in [7, 11) is 0. The summed E-state index contributed by atoms with van der Waals surface area (Å²) in [6, 6.07) is 9.08. The SMILES string of the molecule is CCCCCc1ccc(Cc2cc(F)c(C(F)(F)F)c(F)c2)cc1. The highest BCUT2D eigenvalue weighted by Gasteiger charge is 2.37. The molecule has 2 rings (SSSR count). The third kappa shape index (κ3) is 4.79. The van der Waals surface area contributed by atoms with Crippen LogP contribution >= 0.6 is 0 Å². The number of hydrogen-bond acceptors (Lipinski definition) is 0. The van der Waals surface area contributed by atoms with Gasteiger partial charge in [-0.25, -0.2) is 8.78 Å². The molecular weight excluding hydrogens is 323 g/mol. The van der Waals surface area contributed by atoms with E-state index in [4.69, 9.17) is 0 Å². The van der Waals surface area contributed by atoms with Crippen LogP contribution in [0.25, 0.3) is 0 Å². The van der Waals surface area contributed by atoms with Crippen molar-refractivity contribution in [2.24, 2.45) is 0 Å². The second-order valence-corrected chi connectivity index (χ2v) is 5.88. The van der Waals surface area contributed by atoms with Crippen LogP contribution in [0.2, 0.25) is 0 Å². The zero-order valence-corrected chi connectivity index (χ0v) is 13.4. The van der Waals surface area contributed by atoms with Gasteiger partial charge in [0.1, 0.15) is 17.2 Å². The number of aryl methyl sites for hydroxylation is 1. The van der Waals surface area contributed by atoms with Crippen molar-refractivity contribution < 1.29 is 22.0 Å². The summed E-state index contributed by atoms with van der Waals surface area (Å²) >= 11 is 0. The lowest BCUT2D eigenvalue weighted by Gasteiger charge is -2.11. The van der Waals surface area contributed by atoms with Crippen LogP contribution in [-0.2, 0) is 19.0 Å². The molecular formula is C19H19F5. The first-order chi connectivity index (χ1) is 11.3. The molecule has 0 radical (unpaired) electrons. The average molecular weight is 342 g/mol. The fourth-order valence-electron chi connectivity index (χ4n) is 2.64. The molecule has 0 amide bonds. The fraction of sp³-hybridized carbons (Fsp3) is 0.368. The first kappa shape index (κ1) is 18.4. The van der Waals surface area contributed by atoms with Gasteiger partial charge in [0.05, 0.1) is 0 Å². The topological polar surface area (TPSA) is 0 Å². The molecule has 0 saturated carbocycles. The minimum Gasteiger partial charge on any atom is -0.206 e. The first-order valence-corrected chi connectivity index (χ1v) is 7.94. The third-order valence-electron chi connectivity index (χ3n) is 3.89. The van der Waals surface area contributed by atoms with Crippen molar-refractivity contribution in [2.45, 2.75) is 45.2 Å². The number of halogens is 5. The highest BCUT2D eigenvalue weighted by atomic mass is 19.4. The molecule has 0 aliphatic heterocycles. The highest BCUT2D eigenvalue weighted by Crippen LogP contribution is 2.34. The molecule has 0 saturated heterocycles. The van der Waals surface area contributed by atoms with Crippen LogP contribution < -0.4 is 0 Å². The summed E-state index contributed by atoms with van der Waals surface area (Å²) in [6.07, 6.45) is -0.480. The van der Waals surface area contributed by atoms with Crippen LogP contribution in [0.5, 0.6) is 0 Å². The van der Waals surface area contributed by atoms with E-state index in [1.807, 2.05) is 24.3 Å². The number of unbranched alkanes of at least 4 members (excludes halogenated alkanes) is 2. The molecule has 0 spiro atoms. The summed E-state index contributed by atoms with van der Waals surface area (Å²) < 4.78 is 64.9. The average Bonchev–Trinajstić information content (AvgIpc) is 2.47. The Balaban J connectivity index is 2.11. The van der Waals surface area contributed by atoms with Gasteiger partial charge in [0, 0.05) is 0 Å². The van der Waals surface area contributed by atoms with Crippen LogP contribution in [0, 0.1) is 11.6 Å². The van der Waals surface area contributed by atoms with Gasteiger partial charge in [-0.05, 0) is 48.1 Å². The Morgan fingerprint density at radius 3 is 1.83 bits per heavy atom. The molecule has 0 aliphatic carbocycles. The molecule has 5 heteroatoms. The van der Waals surface area contributed by atoms with E-state index in [1.165, 1.54) is 5.56 Å². The molecule has 0 heterocycles. The summed E-state index contributed by atoms with van der Waals surface area (Å²) in [5, 5.41) is 0. The predicted molar refractivity (Wildman–Crippen MR) is 83.8 cm³/mol. The zero-order valence-electron chi connectivity index (χ0n) is 13.4.